The lowest BCUT2D eigenvalue weighted by Gasteiger charge is -2.13. The number of ether oxygens (including phenoxy) is 1. The number of rotatable bonds is 10. The van der Waals surface area contributed by atoms with Gasteiger partial charge in [-0.1, -0.05) is 18.2 Å². The van der Waals surface area contributed by atoms with E-state index in [0.717, 1.165) is 5.56 Å². The molecule has 0 heterocycles. The first-order valence-electron chi connectivity index (χ1n) is 7.09. The predicted octanol–water partition coefficient (Wildman–Crippen LogP) is 2.76. The van der Waals surface area contributed by atoms with Gasteiger partial charge in [0.1, 0.15) is 11.8 Å². The minimum Gasteiger partial charge on any atom is -0.480 e. The monoisotopic (exact) mass is 327 g/mol. The molecule has 0 aliphatic carbocycles. The van der Waals surface area contributed by atoms with Crippen LogP contribution in [0, 0.1) is 0 Å². The summed E-state index contributed by atoms with van der Waals surface area (Å²) in [5.74, 6) is -1.42. The van der Waals surface area contributed by atoms with E-state index in [2.05, 4.69) is 16.6 Å². The first kappa shape index (κ1) is 18.6. The van der Waals surface area contributed by atoms with E-state index in [0.29, 0.717) is 12.8 Å². The van der Waals surface area contributed by atoms with Crippen LogP contribution in [0.15, 0.2) is 36.9 Å². The fourth-order valence-corrected chi connectivity index (χ4v) is 1.90. The highest BCUT2D eigenvalue weighted by Gasteiger charge is 2.18. The van der Waals surface area contributed by atoms with Crippen molar-refractivity contribution in [2.45, 2.75) is 38.3 Å². The molecule has 0 fully saturated rings. The lowest BCUT2D eigenvalue weighted by Crippen LogP contribution is -2.40. The van der Waals surface area contributed by atoms with E-state index >= 15 is 0 Å². The number of benzene rings is 1. The van der Waals surface area contributed by atoms with Gasteiger partial charge in [0.2, 0.25) is 5.91 Å². The zero-order valence-electron chi connectivity index (χ0n) is 12.5. The van der Waals surface area contributed by atoms with Crippen LogP contribution in [0.3, 0.4) is 0 Å². The number of carbonyl (C=O) groups excluding carboxylic acids is 1. The van der Waals surface area contributed by atoms with Crippen LogP contribution >= 0.6 is 0 Å². The van der Waals surface area contributed by atoms with Crippen molar-refractivity contribution in [2.24, 2.45) is 0 Å². The lowest BCUT2D eigenvalue weighted by molar-refractivity contribution is -0.142. The maximum atomic E-state index is 12.0. The third-order valence-electron chi connectivity index (χ3n) is 3.08. The minimum absolute atomic E-state index is 0.0450. The Labute approximate surface area is 133 Å². The Morgan fingerprint density at radius 3 is 2.48 bits per heavy atom. The fourth-order valence-electron chi connectivity index (χ4n) is 1.90. The molecule has 1 aromatic rings. The molecule has 0 saturated carbocycles. The number of hydrogen-bond acceptors (Lipinski definition) is 3. The number of allylic oxidation sites excluding steroid dienone is 1. The summed E-state index contributed by atoms with van der Waals surface area (Å²) in [5, 5.41) is 11.5. The van der Waals surface area contributed by atoms with E-state index in [1.165, 1.54) is 12.1 Å². The van der Waals surface area contributed by atoms with Crippen LogP contribution in [0.2, 0.25) is 0 Å². The third kappa shape index (κ3) is 7.39. The topological polar surface area (TPSA) is 75.6 Å². The van der Waals surface area contributed by atoms with Crippen molar-refractivity contribution >= 4 is 11.9 Å². The van der Waals surface area contributed by atoms with Crippen molar-refractivity contribution in [3.05, 3.63) is 42.5 Å². The number of aryl methyl sites for hydroxylation is 1. The molecule has 1 amide bonds. The molecule has 1 atom stereocenters. The van der Waals surface area contributed by atoms with Crippen LogP contribution < -0.4 is 10.1 Å². The molecule has 0 spiro atoms. The molecule has 1 unspecified atom stereocenters. The van der Waals surface area contributed by atoms with Gasteiger partial charge in [-0.05, 0) is 37.0 Å². The summed E-state index contributed by atoms with van der Waals surface area (Å²) >= 11 is 0. The second-order valence-corrected chi connectivity index (χ2v) is 4.85. The molecule has 0 aliphatic heterocycles. The Bertz CT molecular complexity index is 531. The van der Waals surface area contributed by atoms with Crippen LogP contribution in [0.5, 0.6) is 5.75 Å². The number of nitrogens with one attached hydrogen (secondary N) is 1. The Kier molecular flexibility index (Phi) is 7.73. The predicted molar refractivity (Wildman–Crippen MR) is 80.4 cm³/mol. The first-order valence-corrected chi connectivity index (χ1v) is 7.09. The van der Waals surface area contributed by atoms with Gasteiger partial charge in [0.05, 0.1) is 0 Å². The number of halogens is 2. The van der Waals surface area contributed by atoms with Gasteiger partial charge in [-0.2, -0.15) is 8.78 Å². The number of alkyl halides is 2. The van der Waals surface area contributed by atoms with E-state index in [1.807, 2.05) is 0 Å². The summed E-state index contributed by atoms with van der Waals surface area (Å²) in [7, 11) is 0. The fraction of sp³-hybridized carbons (Fsp3) is 0.375. The van der Waals surface area contributed by atoms with Crippen LogP contribution in [0.1, 0.15) is 24.8 Å². The quantitative estimate of drug-likeness (QED) is 0.648. The molecule has 1 aromatic carbocycles. The second kappa shape index (κ2) is 9.55. The molecule has 7 heteroatoms. The largest absolute Gasteiger partial charge is 0.480 e. The van der Waals surface area contributed by atoms with E-state index in [9.17, 15) is 18.4 Å². The first-order chi connectivity index (χ1) is 10.9. The molecule has 23 heavy (non-hydrogen) atoms. The van der Waals surface area contributed by atoms with Crippen LogP contribution in [-0.4, -0.2) is 29.6 Å². The molecule has 0 bridgehead atoms. The normalized spacial score (nSPS) is 11.8. The van der Waals surface area contributed by atoms with Gasteiger partial charge < -0.3 is 15.2 Å². The average Bonchev–Trinajstić information content (AvgIpc) is 2.50. The van der Waals surface area contributed by atoms with Gasteiger partial charge in [0.25, 0.3) is 0 Å². The van der Waals surface area contributed by atoms with Gasteiger partial charge in [-0.25, -0.2) is 4.79 Å². The Balaban J connectivity index is 2.45. The van der Waals surface area contributed by atoms with Crippen molar-refractivity contribution in [1.29, 1.82) is 0 Å². The summed E-state index contributed by atoms with van der Waals surface area (Å²) in [6, 6.07) is 5.00. The highest BCUT2D eigenvalue weighted by Crippen LogP contribution is 2.15. The molecule has 0 aliphatic rings. The van der Waals surface area contributed by atoms with Crippen molar-refractivity contribution < 1.29 is 28.2 Å². The van der Waals surface area contributed by atoms with E-state index in [-0.39, 0.29) is 24.5 Å². The van der Waals surface area contributed by atoms with Gasteiger partial charge in [-0.15, -0.1) is 6.58 Å². The molecule has 0 aromatic heterocycles. The maximum absolute atomic E-state index is 12.0. The van der Waals surface area contributed by atoms with Gasteiger partial charge >= 0.3 is 12.6 Å². The van der Waals surface area contributed by atoms with Crippen molar-refractivity contribution in [1.82, 2.24) is 5.32 Å². The Hall–Kier alpha value is -2.44. The van der Waals surface area contributed by atoms with Gasteiger partial charge in [-0.3, -0.25) is 4.79 Å². The lowest BCUT2D eigenvalue weighted by atomic mass is 10.1. The van der Waals surface area contributed by atoms with Crippen LogP contribution in [0.4, 0.5) is 8.78 Å². The molecule has 0 saturated heterocycles. The van der Waals surface area contributed by atoms with Crippen molar-refractivity contribution in [2.75, 3.05) is 0 Å². The molecule has 0 radical (unpaired) electrons. The van der Waals surface area contributed by atoms with E-state index in [1.54, 1.807) is 18.2 Å². The SMILES string of the molecule is C=CCCC(NC(=O)CCc1ccc(OC(F)F)cc1)C(=O)O. The van der Waals surface area contributed by atoms with E-state index in [4.69, 9.17) is 5.11 Å². The van der Waals surface area contributed by atoms with Crippen LogP contribution in [-0.2, 0) is 16.0 Å². The van der Waals surface area contributed by atoms with Gasteiger partial charge in [0, 0.05) is 6.42 Å². The smallest absolute Gasteiger partial charge is 0.387 e. The summed E-state index contributed by atoms with van der Waals surface area (Å²) in [4.78, 5) is 22.8. The zero-order valence-corrected chi connectivity index (χ0v) is 12.5. The number of carboxylic acid groups (broad SMARTS) is 1. The van der Waals surface area contributed by atoms with Crippen molar-refractivity contribution in [3.8, 4) is 5.75 Å². The summed E-state index contributed by atoms with van der Waals surface area (Å²) in [6.45, 7) is 0.630. The van der Waals surface area contributed by atoms with Gasteiger partial charge in [0.15, 0.2) is 0 Å². The summed E-state index contributed by atoms with van der Waals surface area (Å²) in [6.07, 6.45) is 2.83. The second-order valence-electron chi connectivity index (χ2n) is 4.85. The standard InChI is InChI=1S/C16H19F2NO4/c1-2-3-4-13(15(21)22)19-14(20)10-7-11-5-8-12(9-6-11)23-16(17)18/h2,5-6,8-9,13,16H,1,3-4,7,10H2,(H,19,20)(H,21,22). The Morgan fingerprint density at radius 2 is 1.96 bits per heavy atom. The zero-order chi connectivity index (χ0) is 17.2. The van der Waals surface area contributed by atoms with E-state index < -0.39 is 18.6 Å². The minimum atomic E-state index is -2.88. The summed E-state index contributed by atoms with van der Waals surface area (Å²) < 4.78 is 28.3. The number of carbonyl (C=O) groups is 2. The molecular weight excluding hydrogens is 308 g/mol. The van der Waals surface area contributed by atoms with Crippen LogP contribution in [0.25, 0.3) is 0 Å². The average molecular weight is 327 g/mol. The van der Waals surface area contributed by atoms with Crippen molar-refractivity contribution in [3.63, 3.8) is 0 Å². The number of amides is 1. The molecule has 2 N–H and O–H groups in total. The summed E-state index contributed by atoms with van der Waals surface area (Å²) in [5.41, 5.74) is 0.764. The molecule has 126 valence electrons. The molecule has 5 nitrogen and oxygen atoms in total. The third-order valence-corrected chi connectivity index (χ3v) is 3.08. The maximum Gasteiger partial charge on any atom is 0.387 e. The highest BCUT2D eigenvalue weighted by molar-refractivity contribution is 5.83. The Morgan fingerprint density at radius 1 is 1.30 bits per heavy atom. The number of hydrogen-bond donors (Lipinski definition) is 2. The number of carboxylic acids is 1. The number of aliphatic carboxylic acids is 1. The molecule has 1 rings (SSSR count). The highest BCUT2D eigenvalue weighted by atomic mass is 19.3. The molecular formula is C16H19F2NO4.